The zero-order chi connectivity index (χ0) is 13.5. The van der Waals surface area contributed by atoms with E-state index in [1.54, 1.807) is 0 Å². The molecule has 1 heteroatoms. The molecule has 0 fully saturated rings. The van der Waals surface area contributed by atoms with E-state index in [2.05, 4.69) is 36.4 Å². The third-order valence-electron chi connectivity index (χ3n) is 3.38. The Bertz CT molecular complexity index is 526. The first-order valence-electron chi connectivity index (χ1n) is 6.70. The van der Waals surface area contributed by atoms with Crippen molar-refractivity contribution in [2.24, 2.45) is 0 Å². The molecular formula is C18H20O. The van der Waals surface area contributed by atoms with Crippen LogP contribution >= 0.6 is 0 Å². The van der Waals surface area contributed by atoms with Gasteiger partial charge in [-0.05, 0) is 42.0 Å². The fourth-order valence-electron chi connectivity index (χ4n) is 2.25. The van der Waals surface area contributed by atoms with Crippen LogP contribution in [0.2, 0.25) is 0 Å². The van der Waals surface area contributed by atoms with Gasteiger partial charge in [-0.25, -0.2) is 0 Å². The van der Waals surface area contributed by atoms with Crippen molar-refractivity contribution in [1.82, 2.24) is 0 Å². The maximum Gasteiger partial charge on any atom is 0.0644 e. The number of allylic oxidation sites excluding steroid dienone is 1. The number of aryl methyl sites for hydroxylation is 1. The van der Waals surface area contributed by atoms with Crippen LogP contribution in [0.25, 0.3) is 5.57 Å². The monoisotopic (exact) mass is 252 g/mol. The molecule has 0 spiro atoms. The van der Waals surface area contributed by atoms with Gasteiger partial charge in [0.25, 0.3) is 0 Å². The summed E-state index contributed by atoms with van der Waals surface area (Å²) in [5.41, 5.74) is 4.86. The van der Waals surface area contributed by atoms with Gasteiger partial charge in [-0.3, -0.25) is 0 Å². The molecule has 2 aromatic carbocycles. The van der Waals surface area contributed by atoms with Gasteiger partial charge >= 0.3 is 0 Å². The van der Waals surface area contributed by atoms with Gasteiger partial charge in [0.05, 0.1) is 6.61 Å². The van der Waals surface area contributed by atoms with E-state index in [4.69, 9.17) is 0 Å². The molecular weight excluding hydrogens is 232 g/mol. The third kappa shape index (κ3) is 3.80. The summed E-state index contributed by atoms with van der Waals surface area (Å²) in [6.07, 6.45) is 1.96. The highest BCUT2D eigenvalue weighted by Crippen LogP contribution is 2.24. The molecule has 0 aromatic heterocycles. The first kappa shape index (κ1) is 13.6. The summed E-state index contributed by atoms with van der Waals surface area (Å²) in [6, 6.07) is 20.8. The number of aliphatic hydroxyl groups excluding tert-OH is 1. The summed E-state index contributed by atoms with van der Waals surface area (Å²) >= 11 is 0. The van der Waals surface area contributed by atoms with Gasteiger partial charge in [0.15, 0.2) is 0 Å². The Morgan fingerprint density at radius 3 is 2.05 bits per heavy atom. The van der Waals surface area contributed by atoms with Crippen molar-refractivity contribution in [3.8, 4) is 0 Å². The first-order chi connectivity index (χ1) is 9.31. The summed E-state index contributed by atoms with van der Waals surface area (Å²) in [6.45, 7) is 2.13. The third-order valence-corrected chi connectivity index (χ3v) is 3.38. The predicted octanol–water partition coefficient (Wildman–Crippen LogP) is 4.09. The summed E-state index contributed by atoms with van der Waals surface area (Å²) in [5.74, 6) is 0. The van der Waals surface area contributed by atoms with E-state index in [9.17, 15) is 5.11 Å². The minimum Gasteiger partial charge on any atom is -0.392 e. The molecule has 0 aliphatic rings. The lowest BCUT2D eigenvalue weighted by Crippen LogP contribution is -1.96. The van der Waals surface area contributed by atoms with Crippen molar-refractivity contribution in [3.63, 3.8) is 0 Å². The highest BCUT2D eigenvalue weighted by Gasteiger charge is 2.05. The lowest BCUT2D eigenvalue weighted by Gasteiger charge is -2.12. The molecule has 2 rings (SSSR count). The largest absolute Gasteiger partial charge is 0.392 e. The van der Waals surface area contributed by atoms with Crippen LogP contribution in [0.3, 0.4) is 0 Å². The molecule has 1 nitrogen and oxygen atoms in total. The topological polar surface area (TPSA) is 20.2 Å². The predicted molar refractivity (Wildman–Crippen MR) is 80.9 cm³/mol. The van der Waals surface area contributed by atoms with Crippen molar-refractivity contribution >= 4 is 5.57 Å². The number of hydrogen-bond donors (Lipinski definition) is 1. The second-order valence-electron chi connectivity index (χ2n) is 4.77. The molecule has 0 saturated carbocycles. The lowest BCUT2D eigenvalue weighted by molar-refractivity contribution is 0.331. The number of rotatable bonds is 5. The van der Waals surface area contributed by atoms with Gasteiger partial charge < -0.3 is 5.11 Å². The average molecular weight is 252 g/mol. The Hall–Kier alpha value is -1.86. The van der Waals surface area contributed by atoms with Crippen LogP contribution in [0.15, 0.2) is 66.2 Å². The second-order valence-corrected chi connectivity index (χ2v) is 4.77. The molecule has 0 aliphatic heterocycles. The van der Waals surface area contributed by atoms with E-state index in [-0.39, 0.29) is 6.61 Å². The van der Waals surface area contributed by atoms with Crippen LogP contribution in [-0.4, -0.2) is 11.7 Å². The molecule has 0 amide bonds. The number of benzene rings is 2. The Morgan fingerprint density at radius 1 is 0.895 bits per heavy atom. The summed E-state index contributed by atoms with van der Waals surface area (Å²) in [4.78, 5) is 0. The lowest BCUT2D eigenvalue weighted by atomic mass is 9.94. The molecule has 0 heterocycles. The second kappa shape index (κ2) is 6.91. The van der Waals surface area contributed by atoms with Crippen LogP contribution in [0.4, 0.5) is 0 Å². The molecule has 0 bridgehead atoms. The summed E-state index contributed by atoms with van der Waals surface area (Å²) in [7, 11) is 0. The molecule has 98 valence electrons. The summed E-state index contributed by atoms with van der Waals surface area (Å²) < 4.78 is 0. The Labute approximate surface area is 115 Å². The van der Waals surface area contributed by atoms with Gasteiger partial charge in [-0.15, -0.1) is 0 Å². The quantitative estimate of drug-likeness (QED) is 0.850. The highest BCUT2D eigenvalue weighted by atomic mass is 16.3. The molecule has 0 radical (unpaired) electrons. The zero-order valence-electron chi connectivity index (χ0n) is 11.3. The minimum atomic E-state index is 0.124. The Balaban J connectivity index is 2.17. The first-order valence-corrected chi connectivity index (χ1v) is 6.70. The maximum absolute atomic E-state index is 9.41. The fraction of sp³-hybridized carbons (Fsp3) is 0.222. The highest BCUT2D eigenvalue weighted by molar-refractivity contribution is 5.68. The molecule has 1 N–H and O–H groups in total. The van der Waals surface area contributed by atoms with Gasteiger partial charge in [0.1, 0.15) is 0 Å². The van der Waals surface area contributed by atoms with Crippen molar-refractivity contribution in [2.45, 2.75) is 19.8 Å². The summed E-state index contributed by atoms with van der Waals surface area (Å²) in [5, 5.41) is 9.41. The van der Waals surface area contributed by atoms with Crippen molar-refractivity contribution in [1.29, 1.82) is 0 Å². The van der Waals surface area contributed by atoms with Crippen LogP contribution in [-0.2, 0) is 6.42 Å². The van der Waals surface area contributed by atoms with E-state index in [0.717, 1.165) is 18.4 Å². The standard InChI is InChI=1S/C18H20O/c1-15(14-19)18(17-10-6-3-7-11-17)13-12-16-8-4-2-5-9-16/h2-11,19H,12-14H2,1H3/b18-15-. The van der Waals surface area contributed by atoms with Gasteiger partial charge in [0.2, 0.25) is 0 Å². The molecule has 2 aromatic rings. The molecule has 19 heavy (non-hydrogen) atoms. The molecule has 0 unspecified atom stereocenters. The normalized spacial score (nSPS) is 12.1. The zero-order valence-corrected chi connectivity index (χ0v) is 11.3. The van der Waals surface area contributed by atoms with E-state index < -0.39 is 0 Å². The van der Waals surface area contributed by atoms with Crippen LogP contribution in [0, 0.1) is 0 Å². The van der Waals surface area contributed by atoms with E-state index in [0.29, 0.717) is 0 Å². The fourth-order valence-corrected chi connectivity index (χ4v) is 2.25. The number of hydrogen-bond acceptors (Lipinski definition) is 1. The van der Waals surface area contributed by atoms with Crippen molar-refractivity contribution < 1.29 is 5.11 Å². The van der Waals surface area contributed by atoms with Crippen LogP contribution < -0.4 is 0 Å². The Morgan fingerprint density at radius 2 is 1.47 bits per heavy atom. The van der Waals surface area contributed by atoms with Crippen LogP contribution in [0.5, 0.6) is 0 Å². The average Bonchev–Trinajstić information content (AvgIpc) is 2.49. The smallest absolute Gasteiger partial charge is 0.0644 e. The maximum atomic E-state index is 9.41. The van der Waals surface area contributed by atoms with E-state index >= 15 is 0 Å². The molecule has 0 atom stereocenters. The van der Waals surface area contributed by atoms with Gasteiger partial charge in [-0.1, -0.05) is 60.7 Å². The van der Waals surface area contributed by atoms with E-state index in [1.807, 2.05) is 31.2 Å². The SMILES string of the molecule is C/C(CO)=C(\CCc1ccccc1)c1ccccc1. The number of aliphatic hydroxyl groups is 1. The van der Waals surface area contributed by atoms with Gasteiger partial charge in [0, 0.05) is 0 Å². The van der Waals surface area contributed by atoms with Crippen molar-refractivity contribution in [2.75, 3.05) is 6.61 Å². The minimum absolute atomic E-state index is 0.124. The molecule has 0 aliphatic carbocycles. The van der Waals surface area contributed by atoms with E-state index in [1.165, 1.54) is 16.7 Å². The van der Waals surface area contributed by atoms with Crippen LogP contribution in [0.1, 0.15) is 24.5 Å². The molecule has 0 saturated heterocycles. The Kier molecular flexibility index (Phi) is 4.93. The van der Waals surface area contributed by atoms with Gasteiger partial charge in [-0.2, -0.15) is 0 Å². The van der Waals surface area contributed by atoms with Crippen molar-refractivity contribution in [3.05, 3.63) is 77.4 Å².